The van der Waals surface area contributed by atoms with Gasteiger partial charge in [0.05, 0.1) is 0 Å². The first kappa shape index (κ1) is 12.2. The van der Waals surface area contributed by atoms with Crippen LogP contribution in [-0.2, 0) is 0 Å². The van der Waals surface area contributed by atoms with Crippen LogP contribution in [0, 0.1) is 0 Å². The lowest BCUT2D eigenvalue weighted by molar-refractivity contribution is 0.271. The molecule has 1 aromatic rings. The molecule has 0 spiro atoms. The van der Waals surface area contributed by atoms with Gasteiger partial charge in [-0.2, -0.15) is 0 Å². The molecule has 0 bridgehead atoms. The van der Waals surface area contributed by atoms with Crippen LogP contribution in [0.1, 0.15) is 25.5 Å². The SMILES string of the molecule is CCN(CC)C[C@H](NC)c1ccccc1. The standard InChI is InChI=1S/C13H22N2/c1-4-15(5-2)11-13(14-3)12-9-7-6-8-10-12/h6-10,13-14H,4-5,11H2,1-3H3/t13-/m0/s1. The van der Waals surface area contributed by atoms with E-state index in [1.165, 1.54) is 5.56 Å². The minimum atomic E-state index is 0.436. The fourth-order valence-corrected chi connectivity index (χ4v) is 1.79. The van der Waals surface area contributed by atoms with Gasteiger partial charge in [-0.05, 0) is 25.7 Å². The van der Waals surface area contributed by atoms with Crippen LogP contribution >= 0.6 is 0 Å². The molecule has 1 aromatic carbocycles. The second kappa shape index (κ2) is 6.59. The van der Waals surface area contributed by atoms with Crippen molar-refractivity contribution in [2.45, 2.75) is 19.9 Å². The van der Waals surface area contributed by atoms with Gasteiger partial charge >= 0.3 is 0 Å². The first-order valence-corrected chi connectivity index (χ1v) is 5.76. The maximum absolute atomic E-state index is 3.38. The number of rotatable bonds is 6. The highest BCUT2D eigenvalue weighted by atomic mass is 15.1. The zero-order valence-corrected chi connectivity index (χ0v) is 10.0. The molecular formula is C13H22N2. The average molecular weight is 206 g/mol. The smallest absolute Gasteiger partial charge is 0.0446 e. The number of hydrogen-bond acceptors (Lipinski definition) is 2. The van der Waals surface area contributed by atoms with Crippen LogP contribution in [0.5, 0.6) is 0 Å². The predicted molar refractivity (Wildman–Crippen MR) is 66.0 cm³/mol. The van der Waals surface area contributed by atoms with Crippen LogP contribution in [0.2, 0.25) is 0 Å². The van der Waals surface area contributed by atoms with Crippen LogP contribution in [0.3, 0.4) is 0 Å². The fraction of sp³-hybridized carbons (Fsp3) is 0.538. The van der Waals surface area contributed by atoms with Crippen LogP contribution in [-0.4, -0.2) is 31.6 Å². The maximum Gasteiger partial charge on any atom is 0.0446 e. The third kappa shape index (κ3) is 3.65. The van der Waals surface area contributed by atoms with E-state index in [1.54, 1.807) is 0 Å². The summed E-state index contributed by atoms with van der Waals surface area (Å²) in [7, 11) is 2.03. The minimum absolute atomic E-state index is 0.436. The van der Waals surface area contributed by atoms with Gasteiger partial charge in [0.2, 0.25) is 0 Å². The number of hydrogen-bond donors (Lipinski definition) is 1. The Balaban J connectivity index is 2.64. The van der Waals surface area contributed by atoms with E-state index in [4.69, 9.17) is 0 Å². The molecule has 84 valence electrons. The molecule has 0 heterocycles. The third-order valence-electron chi connectivity index (χ3n) is 2.89. The van der Waals surface area contributed by atoms with Crippen LogP contribution in [0.25, 0.3) is 0 Å². The van der Waals surface area contributed by atoms with Crippen molar-refractivity contribution in [2.75, 3.05) is 26.7 Å². The molecule has 0 unspecified atom stereocenters. The lowest BCUT2D eigenvalue weighted by Crippen LogP contribution is -2.33. The van der Waals surface area contributed by atoms with E-state index < -0.39 is 0 Å². The first-order valence-electron chi connectivity index (χ1n) is 5.76. The van der Waals surface area contributed by atoms with Crippen molar-refractivity contribution in [2.24, 2.45) is 0 Å². The molecular weight excluding hydrogens is 184 g/mol. The summed E-state index contributed by atoms with van der Waals surface area (Å²) in [5.74, 6) is 0. The summed E-state index contributed by atoms with van der Waals surface area (Å²) in [6.07, 6.45) is 0. The molecule has 0 saturated heterocycles. The summed E-state index contributed by atoms with van der Waals surface area (Å²) in [5, 5.41) is 3.38. The summed E-state index contributed by atoms with van der Waals surface area (Å²) in [4.78, 5) is 2.44. The van der Waals surface area contributed by atoms with E-state index >= 15 is 0 Å². The van der Waals surface area contributed by atoms with Gasteiger partial charge in [-0.1, -0.05) is 44.2 Å². The average Bonchev–Trinajstić information content (AvgIpc) is 2.32. The van der Waals surface area contributed by atoms with Gasteiger partial charge in [0.15, 0.2) is 0 Å². The Hall–Kier alpha value is -0.860. The van der Waals surface area contributed by atoms with Gasteiger partial charge in [0, 0.05) is 12.6 Å². The Morgan fingerprint density at radius 3 is 2.20 bits per heavy atom. The second-order valence-electron chi connectivity index (χ2n) is 3.74. The molecule has 0 aromatic heterocycles. The van der Waals surface area contributed by atoms with E-state index in [0.717, 1.165) is 19.6 Å². The number of benzene rings is 1. The lowest BCUT2D eigenvalue weighted by atomic mass is 10.1. The van der Waals surface area contributed by atoms with Gasteiger partial charge in [-0.15, -0.1) is 0 Å². The quantitative estimate of drug-likeness (QED) is 0.768. The molecule has 2 nitrogen and oxygen atoms in total. The number of nitrogens with one attached hydrogen (secondary N) is 1. The number of nitrogens with zero attached hydrogens (tertiary/aromatic N) is 1. The third-order valence-corrected chi connectivity index (χ3v) is 2.89. The normalized spacial score (nSPS) is 13.1. The van der Waals surface area contributed by atoms with E-state index in [-0.39, 0.29) is 0 Å². The summed E-state index contributed by atoms with van der Waals surface area (Å²) in [6.45, 7) is 7.72. The largest absolute Gasteiger partial charge is 0.312 e. The molecule has 0 aliphatic rings. The molecule has 0 aliphatic heterocycles. The van der Waals surface area contributed by atoms with Gasteiger partial charge in [-0.3, -0.25) is 0 Å². The van der Waals surface area contributed by atoms with Crippen LogP contribution in [0.4, 0.5) is 0 Å². The highest BCUT2D eigenvalue weighted by molar-refractivity contribution is 5.19. The summed E-state index contributed by atoms with van der Waals surface area (Å²) >= 11 is 0. The van der Waals surface area contributed by atoms with Crippen molar-refractivity contribution in [3.05, 3.63) is 35.9 Å². The summed E-state index contributed by atoms with van der Waals surface area (Å²) < 4.78 is 0. The summed E-state index contributed by atoms with van der Waals surface area (Å²) in [5.41, 5.74) is 1.37. The molecule has 1 atom stereocenters. The first-order chi connectivity index (χ1) is 7.31. The van der Waals surface area contributed by atoms with Crippen molar-refractivity contribution in [1.29, 1.82) is 0 Å². The molecule has 2 heteroatoms. The van der Waals surface area contributed by atoms with E-state index in [2.05, 4.69) is 54.4 Å². The Labute approximate surface area is 93.3 Å². The van der Waals surface area contributed by atoms with Crippen molar-refractivity contribution < 1.29 is 0 Å². The van der Waals surface area contributed by atoms with Gasteiger partial charge < -0.3 is 10.2 Å². The molecule has 1 rings (SSSR count). The molecule has 0 radical (unpaired) electrons. The van der Waals surface area contributed by atoms with E-state index in [1.807, 2.05) is 7.05 Å². The van der Waals surface area contributed by atoms with Gasteiger partial charge in [0.1, 0.15) is 0 Å². The molecule has 15 heavy (non-hydrogen) atoms. The monoisotopic (exact) mass is 206 g/mol. The second-order valence-corrected chi connectivity index (χ2v) is 3.74. The number of likely N-dealkylation sites (N-methyl/N-ethyl adjacent to an activating group) is 2. The van der Waals surface area contributed by atoms with E-state index in [0.29, 0.717) is 6.04 Å². The van der Waals surface area contributed by atoms with Crippen LogP contribution in [0.15, 0.2) is 30.3 Å². The highest BCUT2D eigenvalue weighted by Crippen LogP contribution is 2.13. The van der Waals surface area contributed by atoms with Crippen molar-refractivity contribution in [3.8, 4) is 0 Å². The molecule has 0 aliphatic carbocycles. The predicted octanol–water partition coefficient (Wildman–Crippen LogP) is 2.29. The van der Waals surface area contributed by atoms with Gasteiger partial charge in [0.25, 0.3) is 0 Å². The Kier molecular flexibility index (Phi) is 5.37. The van der Waals surface area contributed by atoms with Crippen molar-refractivity contribution in [3.63, 3.8) is 0 Å². The Morgan fingerprint density at radius 1 is 1.13 bits per heavy atom. The maximum atomic E-state index is 3.38. The lowest BCUT2D eigenvalue weighted by Gasteiger charge is -2.25. The molecule has 0 amide bonds. The van der Waals surface area contributed by atoms with E-state index in [9.17, 15) is 0 Å². The van der Waals surface area contributed by atoms with Crippen molar-refractivity contribution in [1.82, 2.24) is 10.2 Å². The zero-order chi connectivity index (χ0) is 11.1. The summed E-state index contributed by atoms with van der Waals surface area (Å²) in [6, 6.07) is 11.1. The molecule has 1 N–H and O–H groups in total. The zero-order valence-electron chi connectivity index (χ0n) is 10.0. The van der Waals surface area contributed by atoms with Crippen LogP contribution < -0.4 is 5.32 Å². The minimum Gasteiger partial charge on any atom is -0.312 e. The van der Waals surface area contributed by atoms with Gasteiger partial charge in [-0.25, -0.2) is 0 Å². The topological polar surface area (TPSA) is 15.3 Å². The van der Waals surface area contributed by atoms with Crippen molar-refractivity contribution >= 4 is 0 Å². The molecule has 0 fully saturated rings. The fourth-order valence-electron chi connectivity index (χ4n) is 1.79. The Bertz CT molecular complexity index is 254. The Morgan fingerprint density at radius 2 is 1.73 bits per heavy atom. The highest BCUT2D eigenvalue weighted by Gasteiger charge is 2.11. The molecule has 0 saturated carbocycles.